The average molecular weight is 284 g/mol. The third-order valence-corrected chi connectivity index (χ3v) is 4.53. The molecule has 0 aromatic heterocycles. The molecule has 0 saturated heterocycles. The van der Waals surface area contributed by atoms with Crippen molar-refractivity contribution >= 4 is 23.6 Å². The van der Waals surface area contributed by atoms with Gasteiger partial charge in [-0.1, -0.05) is 19.3 Å². The smallest absolute Gasteiger partial charge is 0.304 e. The first-order valence-electron chi connectivity index (χ1n) is 6.49. The molecular formula is C13H20N2O3S. The van der Waals surface area contributed by atoms with Gasteiger partial charge in [0.05, 0.1) is 18.2 Å². The molecule has 1 N–H and O–H groups in total. The molecule has 1 fully saturated rings. The van der Waals surface area contributed by atoms with E-state index < -0.39 is 11.5 Å². The van der Waals surface area contributed by atoms with Crippen LogP contribution in [0.3, 0.4) is 0 Å². The Bertz CT molecular complexity index is 373. The second kappa shape index (κ2) is 7.39. The summed E-state index contributed by atoms with van der Waals surface area (Å²) in [5, 5.41) is 17.9. The van der Waals surface area contributed by atoms with Crippen LogP contribution < -0.4 is 0 Å². The fourth-order valence-corrected chi connectivity index (χ4v) is 3.14. The van der Waals surface area contributed by atoms with E-state index in [0.29, 0.717) is 5.75 Å². The van der Waals surface area contributed by atoms with Crippen molar-refractivity contribution in [1.29, 1.82) is 5.26 Å². The lowest BCUT2D eigenvalue weighted by Crippen LogP contribution is -2.50. The van der Waals surface area contributed by atoms with E-state index in [-0.39, 0.29) is 18.1 Å². The lowest BCUT2D eigenvalue weighted by atomic mass is 9.81. The molecule has 106 valence electrons. The first-order valence-corrected chi connectivity index (χ1v) is 7.65. The SMILES string of the molecule is CN(C(=O)CSCCC(=O)O)C1(C#N)CCCCC1. The predicted octanol–water partition coefficient (Wildman–Crippen LogP) is 1.88. The quantitative estimate of drug-likeness (QED) is 0.753. The molecule has 0 aromatic rings. The van der Waals surface area contributed by atoms with Crippen LogP contribution in [0.25, 0.3) is 0 Å². The minimum atomic E-state index is -0.853. The lowest BCUT2D eigenvalue weighted by molar-refractivity contribution is -0.136. The topological polar surface area (TPSA) is 81.4 Å². The van der Waals surface area contributed by atoms with Crippen molar-refractivity contribution in [3.05, 3.63) is 0 Å². The lowest BCUT2D eigenvalue weighted by Gasteiger charge is -2.39. The van der Waals surface area contributed by atoms with Gasteiger partial charge < -0.3 is 10.0 Å². The Kier molecular flexibility index (Phi) is 6.16. The van der Waals surface area contributed by atoms with E-state index in [2.05, 4.69) is 6.07 Å². The van der Waals surface area contributed by atoms with Gasteiger partial charge in [0.1, 0.15) is 5.54 Å². The van der Waals surface area contributed by atoms with E-state index in [1.807, 2.05) is 0 Å². The summed E-state index contributed by atoms with van der Waals surface area (Å²) in [6, 6.07) is 2.31. The van der Waals surface area contributed by atoms with E-state index >= 15 is 0 Å². The van der Waals surface area contributed by atoms with Crippen LogP contribution in [0.4, 0.5) is 0 Å². The van der Waals surface area contributed by atoms with Crippen LogP contribution in [0.1, 0.15) is 38.5 Å². The first kappa shape index (κ1) is 15.8. The number of carbonyl (C=O) groups is 2. The molecule has 1 aliphatic rings. The van der Waals surface area contributed by atoms with Crippen LogP contribution in [-0.2, 0) is 9.59 Å². The maximum Gasteiger partial charge on any atom is 0.304 e. The number of rotatable bonds is 6. The molecule has 0 unspecified atom stereocenters. The van der Waals surface area contributed by atoms with E-state index in [0.717, 1.165) is 32.1 Å². The van der Waals surface area contributed by atoms with Crippen molar-refractivity contribution in [2.24, 2.45) is 0 Å². The molecule has 1 saturated carbocycles. The number of carbonyl (C=O) groups excluding carboxylic acids is 1. The number of nitriles is 1. The standard InChI is InChI=1S/C13H20N2O3S/c1-15(11(16)9-19-8-5-12(17)18)13(10-14)6-3-2-4-7-13/h2-9H2,1H3,(H,17,18). The number of carboxylic acids is 1. The van der Waals surface area contributed by atoms with Crippen LogP contribution in [0, 0.1) is 11.3 Å². The molecule has 0 bridgehead atoms. The van der Waals surface area contributed by atoms with Crippen molar-refractivity contribution in [1.82, 2.24) is 4.90 Å². The van der Waals surface area contributed by atoms with E-state index in [1.54, 1.807) is 11.9 Å². The molecule has 0 heterocycles. The molecule has 19 heavy (non-hydrogen) atoms. The van der Waals surface area contributed by atoms with Crippen LogP contribution in [0.5, 0.6) is 0 Å². The van der Waals surface area contributed by atoms with Crippen molar-refractivity contribution in [3.63, 3.8) is 0 Å². The molecule has 5 nitrogen and oxygen atoms in total. The van der Waals surface area contributed by atoms with Gasteiger partial charge in [0.2, 0.25) is 5.91 Å². The minimum Gasteiger partial charge on any atom is -0.481 e. The normalized spacial score (nSPS) is 17.5. The molecule has 1 amide bonds. The Labute approximate surface area is 118 Å². The zero-order valence-electron chi connectivity index (χ0n) is 11.2. The highest BCUT2D eigenvalue weighted by atomic mass is 32.2. The second-order valence-corrected chi connectivity index (χ2v) is 5.96. The van der Waals surface area contributed by atoms with Crippen molar-refractivity contribution < 1.29 is 14.7 Å². The third-order valence-electron chi connectivity index (χ3n) is 3.59. The summed E-state index contributed by atoms with van der Waals surface area (Å²) in [5.74, 6) is -0.269. The zero-order valence-corrected chi connectivity index (χ0v) is 12.0. The number of hydrogen-bond acceptors (Lipinski definition) is 4. The summed E-state index contributed by atoms with van der Waals surface area (Å²) in [6.07, 6.45) is 4.63. The number of nitrogens with zero attached hydrogens (tertiary/aromatic N) is 2. The number of hydrogen-bond donors (Lipinski definition) is 1. The molecule has 0 radical (unpaired) electrons. The largest absolute Gasteiger partial charge is 0.481 e. The molecule has 0 atom stereocenters. The van der Waals surface area contributed by atoms with E-state index in [9.17, 15) is 14.9 Å². The fraction of sp³-hybridized carbons (Fsp3) is 0.769. The summed E-state index contributed by atoms with van der Waals surface area (Å²) < 4.78 is 0. The van der Waals surface area contributed by atoms with Gasteiger partial charge in [0.25, 0.3) is 0 Å². The van der Waals surface area contributed by atoms with Crippen LogP contribution >= 0.6 is 11.8 Å². The second-order valence-electron chi connectivity index (χ2n) is 4.85. The third kappa shape index (κ3) is 4.43. The van der Waals surface area contributed by atoms with Crippen molar-refractivity contribution in [2.75, 3.05) is 18.6 Å². The van der Waals surface area contributed by atoms with Gasteiger partial charge in [0, 0.05) is 12.8 Å². The highest BCUT2D eigenvalue weighted by Gasteiger charge is 2.38. The Morgan fingerprint density at radius 2 is 2.00 bits per heavy atom. The van der Waals surface area contributed by atoms with Crippen molar-refractivity contribution in [3.8, 4) is 6.07 Å². The summed E-state index contributed by atoms with van der Waals surface area (Å²) in [4.78, 5) is 24.0. The zero-order chi connectivity index (χ0) is 14.3. The number of thioether (sulfide) groups is 1. The van der Waals surface area contributed by atoms with Crippen LogP contribution in [-0.4, -0.2) is 46.0 Å². The summed E-state index contributed by atoms with van der Waals surface area (Å²) >= 11 is 1.31. The maximum absolute atomic E-state index is 12.1. The van der Waals surface area contributed by atoms with E-state index in [1.165, 1.54) is 11.8 Å². The number of carboxylic acid groups (broad SMARTS) is 1. The highest BCUT2D eigenvalue weighted by molar-refractivity contribution is 7.99. The monoisotopic (exact) mass is 284 g/mol. The Morgan fingerprint density at radius 1 is 1.37 bits per heavy atom. The fourth-order valence-electron chi connectivity index (χ4n) is 2.31. The van der Waals surface area contributed by atoms with Gasteiger partial charge in [-0.3, -0.25) is 9.59 Å². The average Bonchev–Trinajstić information content (AvgIpc) is 2.43. The highest BCUT2D eigenvalue weighted by Crippen LogP contribution is 2.32. The van der Waals surface area contributed by atoms with E-state index in [4.69, 9.17) is 5.11 Å². The van der Waals surface area contributed by atoms with Gasteiger partial charge in [-0.25, -0.2) is 0 Å². The molecule has 0 aliphatic heterocycles. The molecular weight excluding hydrogens is 264 g/mol. The Morgan fingerprint density at radius 3 is 2.53 bits per heavy atom. The summed E-state index contributed by atoms with van der Waals surface area (Å²) in [5.41, 5.74) is -0.650. The van der Waals surface area contributed by atoms with Gasteiger partial charge >= 0.3 is 5.97 Å². The van der Waals surface area contributed by atoms with Gasteiger partial charge in [-0.05, 0) is 12.8 Å². The summed E-state index contributed by atoms with van der Waals surface area (Å²) in [6.45, 7) is 0. The Balaban J connectivity index is 2.46. The van der Waals surface area contributed by atoms with Gasteiger partial charge in [-0.2, -0.15) is 17.0 Å². The van der Waals surface area contributed by atoms with Crippen LogP contribution in [0.15, 0.2) is 0 Å². The molecule has 1 rings (SSSR count). The van der Waals surface area contributed by atoms with Gasteiger partial charge in [0.15, 0.2) is 0 Å². The minimum absolute atomic E-state index is 0.0606. The van der Waals surface area contributed by atoms with Crippen LogP contribution in [0.2, 0.25) is 0 Å². The first-order chi connectivity index (χ1) is 9.02. The summed E-state index contributed by atoms with van der Waals surface area (Å²) in [7, 11) is 1.69. The molecule has 0 aromatic carbocycles. The van der Waals surface area contributed by atoms with Gasteiger partial charge in [-0.15, -0.1) is 0 Å². The molecule has 6 heteroatoms. The van der Waals surface area contributed by atoms with Crippen molar-refractivity contribution in [2.45, 2.75) is 44.1 Å². The number of amides is 1. The molecule has 1 aliphatic carbocycles. The predicted molar refractivity (Wildman–Crippen MR) is 73.8 cm³/mol. The Hall–Kier alpha value is -1.22. The number of aliphatic carboxylic acids is 1. The maximum atomic E-state index is 12.1. The molecule has 0 spiro atoms.